The van der Waals surface area contributed by atoms with E-state index in [-0.39, 0.29) is 5.78 Å². The van der Waals surface area contributed by atoms with Gasteiger partial charge in [-0.05, 0) is 6.42 Å². The normalized spacial score (nSPS) is 12.0. The van der Waals surface area contributed by atoms with Crippen LogP contribution in [0.3, 0.4) is 0 Å². The summed E-state index contributed by atoms with van der Waals surface area (Å²) < 4.78 is 0. The zero-order chi connectivity index (χ0) is 21.0. The summed E-state index contributed by atoms with van der Waals surface area (Å²) in [4.78, 5) is 23.6. The third-order valence-corrected chi connectivity index (χ3v) is 5.93. The zero-order valence-electron chi connectivity index (χ0n) is 18.9. The quantitative estimate of drug-likeness (QED) is 0.0953. The fraction of sp³-hybridized carbons (Fsp3) is 0.704. The van der Waals surface area contributed by atoms with Crippen LogP contribution in [0.25, 0.3) is 0 Å². The van der Waals surface area contributed by atoms with Crippen molar-refractivity contribution in [2.75, 3.05) is 0 Å². The third kappa shape index (κ3) is 13.4. The molecule has 164 valence electrons. The van der Waals surface area contributed by atoms with Crippen molar-refractivity contribution in [2.24, 2.45) is 5.92 Å². The highest BCUT2D eigenvalue weighted by Crippen LogP contribution is 2.17. The van der Waals surface area contributed by atoms with E-state index >= 15 is 0 Å². The predicted octanol–water partition coefficient (Wildman–Crippen LogP) is 8.34. The number of rotatable bonds is 20. The van der Waals surface area contributed by atoms with E-state index in [2.05, 4.69) is 6.92 Å². The second kappa shape index (κ2) is 18.6. The molecule has 0 amide bonds. The first kappa shape index (κ1) is 25.6. The zero-order valence-corrected chi connectivity index (χ0v) is 18.9. The molecule has 1 aromatic rings. The van der Waals surface area contributed by atoms with E-state index in [1.807, 2.05) is 18.2 Å². The first-order chi connectivity index (χ1) is 14.3. The lowest BCUT2D eigenvalue weighted by Gasteiger charge is -2.09. The first-order valence-corrected chi connectivity index (χ1v) is 12.3. The molecule has 2 heteroatoms. The molecule has 1 rings (SSSR count). The molecule has 0 heterocycles. The second-order valence-corrected chi connectivity index (χ2v) is 8.56. The van der Waals surface area contributed by atoms with Crippen LogP contribution in [0.5, 0.6) is 0 Å². The number of unbranched alkanes of at least 4 members (excludes halogenated alkanes) is 15. The minimum absolute atomic E-state index is 0.0263. The average molecular weight is 401 g/mol. The van der Waals surface area contributed by atoms with E-state index < -0.39 is 5.92 Å². The highest BCUT2D eigenvalue weighted by Gasteiger charge is 2.18. The molecule has 29 heavy (non-hydrogen) atoms. The molecule has 0 saturated carbocycles. The lowest BCUT2D eigenvalue weighted by molar-refractivity contribution is -0.110. The van der Waals surface area contributed by atoms with Gasteiger partial charge in [0.25, 0.3) is 0 Å². The van der Waals surface area contributed by atoms with Crippen LogP contribution < -0.4 is 0 Å². The molecule has 0 aliphatic heterocycles. The topological polar surface area (TPSA) is 34.1 Å². The minimum Gasteiger partial charge on any atom is -0.303 e. The van der Waals surface area contributed by atoms with Crippen LogP contribution in [-0.2, 0) is 4.79 Å². The van der Waals surface area contributed by atoms with E-state index in [9.17, 15) is 9.59 Å². The lowest BCUT2D eigenvalue weighted by Crippen LogP contribution is -2.16. The van der Waals surface area contributed by atoms with Gasteiger partial charge in [0.05, 0.1) is 5.92 Å². The van der Waals surface area contributed by atoms with Crippen LogP contribution in [0.15, 0.2) is 30.3 Å². The molecule has 0 N–H and O–H groups in total. The fourth-order valence-corrected chi connectivity index (χ4v) is 3.99. The van der Waals surface area contributed by atoms with E-state index in [0.717, 1.165) is 19.1 Å². The Kier molecular flexibility index (Phi) is 16.4. The molecule has 0 aliphatic carbocycles. The van der Waals surface area contributed by atoms with Gasteiger partial charge in [-0.2, -0.15) is 0 Å². The number of carbonyl (C=O) groups is 2. The number of hydrogen-bond donors (Lipinski definition) is 0. The van der Waals surface area contributed by atoms with Crippen molar-refractivity contribution in [3.8, 4) is 0 Å². The number of ketones is 1. The molecule has 0 aliphatic rings. The monoisotopic (exact) mass is 400 g/mol. The number of Topliss-reactive ketones (excluding diaryl/α,β-unsaturated/α-hetero) is 1. The summed E-state index contributed by atoms with van der Waals surface area (Å²) in [6.45, 7) is 2.28. The summed E-state index contributed by atoms with van der Waals surface area (Å²) >= 11 is 0. The average Bonchev–Trinajstić information content (AvgIpc) is 2.76. The Morgan fingerprint density at radius 2 is 1.10 bits per heavy atom. The standard InChI is InChI=1S/C27H44O2/c1-2-3-4-5-6-7-8-9-10-11-12-13-14-15-16-18-23-26(24-28)27(29)25-21-19-17-20-22-25/h17,19-22,24,26H,2-16,18,23H2,1H3. The van der Waals surface area contributed by atoms with Gasteiger partial charge in [-0.15, -0.1) is 0 Å². The van der Waals surface area contributed by atoms with Crippen LogP contribution in [0.4, 0.5) is 0 Å². The van der Waals surface area contributed by atoms with Gasteiger partial charge in [0, 0.05) is 5.56 Å². The summed E-state index contributed by atoms with van der Waals surface area (Å²) in [6, 6.07) is 9.19. The maximum Gasteiger partial charge on any atom is 0.173 e. The van der Waals surface area contributed by atoms with Crippen LogP contribution >= 0.6 is 0 Å². The molecular formula is C27H44O2. The number of hydrogen-bond acceptors (Lipinski definition) is 2. The van der Waals surface area contributed by atoms with Gasteiger partial charge in [0.15, 0.2) is 5.78 Å². The molecule has 0 bridgehead atoms. The molecule has 1 unspecified atom stereocenters. The Balaban J connectivity index is 1.89. The Bertz CT molecular complexity index is 509. The van der Waals surface area contributed by atoms with Crippen molar-refractivity contribution in [1.29, 1.82) is 0 Å². The highest BCUT2D eigenvalue weighted by atomic mass is 16.1. The van der Waals surface area contributed by atoms with Gasteiger partial charge in [-0.25, -0.2) is 0 Å². The summed E-state index contributed by atoms with van der Waals surface area (Å²) in [5.41, 5.74) is 0.654. The molecule has 0 saturated heterocycles. The molecule has 0 radical (unpaired) electrons. The highest BCUT2D eigenvalue weighted by molar-refractivity contribution is 6.05. The fourth-order valence-electron chi connectivity index (χ4n) is 3.99. The van der Waals surface area contributed by atoms with E-state index in [0.29, 0.717) is 12.0 Å². The first-order valence-electron chi connectivity index (χ1n) is 12.3. The molecule has 0 aromatic heterocycles. The smallest absolute Gasteiger partial charge is 0.173 e. The van der Waals surface area contributed by atoms with Crippen molar-refractivity contribution in [2.45, 2.75) is 116 Å². The molecule has 1 atom stereocenters. The summed E-state index contributed by atoms with van der Waals surface area (Å²) in [5.74, 6) is -0.495. The van der Waals surface area contributed by atoms with Crippen molar-refractivity contribution < 1.29 is 9.59 Å². The van der Waals surface area contributed by atoms with Crippen LogP contribution in [0.1, 0.15) is 126 Å². The third-order valence-electron chi connectivity index (χ3n) is 5.93. The predicted molar refractivity (Wildman–Crippen MR) is 124 cm³/mol. The van der Waals surface area contributed by atoms with Gasteiger partial charge in [-0.3, -0.25) is 4.79 Å². The van der Waals surface area contributed by atoms with Crippen molar-refractivity contribution in [3.05, 3.63) is 35.9 Å². The Morgan fingerprint density at radius 1 is 0.690 bits per heavy atom. The minimum atomic E-state index is -0.468. The summed E-state index contributed by atoms with van der Waals surface area (Å²) in [6.07, 6.45) is 22.9. The van der Waals surface area contributed by atoms with E-state index in [1.165, 1.54) is 89.9 Å². The maximum absolute atomic E-state index is 12.3. The number of carbonyl (C=O) groups excluding carboxylic acids is 2. The maximum atomic E-state index is 12.3. The summed E-state index contributed by atoms with van der Waals surface area (Å²) in [5, 5.41) is 0. The Labute approximate surface area is 179 Å². The van der Waals surface area contributed by atoms with Crippen LogP contribution in [-0.4, -0.2) is 12.1 Å². The van der Waals surface area contributed by atoms with Gasteiger partial charge in [0.1, 0.15) is 6.29 Å². The summed E-state index contributed by atoms with van der Waals surface area (Å²) in [7, 11) is 0. The van der Waals surface area contributed by atoms with Crippen molar-refractivity contribution >= 4 is 12.1 Å². The van der Waals surface area contributed by atoms with Gasteiger partial charge in [0.2, 0.25) is 0 Å². The number of benzene rings is 1. The number of aldehydes is 1. The molecule has 0 spiro atoms. The van der Waals surface area contributed by atoms with Crippen LogP contribution in [0.2, 0.25) is 0 Å². The largest absolute Gasteiger partial charge is 0.303 e. The Hall–Kier alpha value is -1.44. The molecule has 0 fully saturated rings. The molecule has 1 aromatic carbocycles. The van der Waals surface area contributed by atoms with Crippen molar-refractivity contribution in [3.63, 3.8) is 0 Å². The molecular weight excluding hydrogens is 356 g/mol. The Morgan fingerprint density at radius 3 is 1.52 bits per heavy atom. The second-order valence-electron chi connectivity index (χ2n) is 8.56. The van der Waals surface area contributed by atoms with Gasteiger partial charge < -0.3 is 4.79 Å². The van der Waals surface area contributed by atoms with E-state index in [4.69, 9.17) is 0 Å². The molecule has 2 nitrogen and oxygen atoms in total. The SMILES string of the molecule is CCCCCCCCCCCCCCCCCCC(C=O)C(=O)c1ccccc1. The van der Waals surface area contributed by atoms with Gasteiger partial charge >= 0.3 is 0 Å². The van der Waals surface area contributed by atoms with Crippen molar-refractivity contribution in [1.82, 2.24) is 0 Å². The van der Waals surface area contributed by atoms with E-state index in [1.54, 1.807) is 12.1 Å². The lowest BCUT2D eigenvalue weighted by atomic mass is 9.93. The van der Waals surface area contributed by atoms with Gasteiger partial charge in [-0.1, -0.05) is 140 Å². The van der Waals surface area contributed by atoms with Crippen LogP contribution in [0, 0.1) is 5.92 Å².